The van der Waals surface area contributed by atoms with Gasteiger partial charge in [-0.3, -0.25) is 4.98 Å². The van der Waals surface area contributed by atoms with E-state index in [1.54, 1.807) is 0 Å². The second-order valence-electron chi connectivity index (χ2n) is 17.8. The summed E-state index contributed by atoms with van der Waals surface area (Å²) < 4.78 is 7.11. The summed E-state index contributed by atoms with van der Waals surface area (Å²) in [4.78, 5) is 10.1. The molecule has 9 aromatic carbocycles. The zero-order chi connectivity index (χ0) is 45.4. The second-order valence-corrected chi connectivity index (χ2v) is 17.8. The monoisotopic (exact) mass is 879 g/mol. The average Bonchev–Trinajstić information content (AvgIpc) is 4.06. The molecule has 0 radical (unpaired) electrons. The van der Waals surface area contributed by atoms with Crippen molar-refractivity contribution >= 4 is 65.5 Å². The van der Waals surface area contributed by atoms with Crippen LogP contribution in [0.2, 0.25) is 0 Å². The van der Waals surface area contributed by atoms with Crippen LogP contribution in [-0.4, -0.2) is 23.7 Å². The van der Waals surface area contributed by atoms with Gasteiger partial charge in [0.25, 0.3) is 0 Å². The van der Waals surface area contributed by atoms with Crippen molar-refractivity contribution in [3.63, 3.8) is 0 Å². The Bertz CT molecular complexity index is 4220. The van der Waals surface area contributed by atoms with Crippen LogP contribution in [0.15, 0.2) is 249 Å². The summed E-state index contributed by atoms with van der Waals surface area (Å²) >= 11 is 0. The topological polar surface area (TPSA) is 40.6 Å². The van der Waals surface area contributed by atoms with Crippen molar-refractivity contribution in [3.05, 3.63) is 249 Å². The number of aromatic nitrogens is 5. The summed E-state index contributed by atoms with van der Waals surface area (Å²) in [5.74, 6) is 0. The summed E-state index contributed by atoms with van der Waals surface area (Å²) in [5.41, 5.74) is 20.0. The third kappa shape index (κ3) is 6.32. The summed E-state index contributed by atoms with van der Waals surface area (Å²) in [6.45, 7) is 0. The lowest BCUT2D eigenvalue weighted by Gasteiger charge is -2.12. The molecule has 5 nitrogen and oxygen atoms in total. The van der Waals surface area contributed by atoms with Gasteiger partial charge in [-0.25, -0.2) is 4.98 Å². The minimum atomic E-state index is 0.944. The number of hydrogen-bond acceptors (Lipinski definition) is 2. The number of pyridine rings is 2. The molecule has 5 aromatic heterocycles. The number of nitrogens with zero attached hydrogens (tertiary/aromatic N) is 5. The van der Waals surface area contributed by atoms with E-state index in [2.05, 4.69) is 244 Å². The lowest BCUT2D eigenvalue weighted by Crippen LogP contribution is -1.95. The smallest absolute Gasteiger partial charge is 0.0964 e. The van der Waals surface area contributed by atoms with Crippen LogP contribution < -0.4 is 0 Å². The molecule has 0 N–H and O–H groups in total. The zero-order valence-corrected chi connectivity index (χ0v) is 37.4. The summed E-state index contributed by atoms with van der Waals surface area (Å²) in [6, 6.07) is 87.2. The Morgan fingerprint density at radius 2 is 0.681 bits per heavy atom. The minimum absolute atomic E-state index is 0.944. The Morgan fingerprint density at radius 1 is 0.246 bits per heavy atom. The molecule has 14 aromatic rings. The Morgan fingerprint density at radius 3 is 1.32 bits per heavy atom. The van der Waals surface area contributed by atoms with Crippen LogP contribution >= 0.6 is 0 Å². The van der Waals surface area contributed by atoms with Gasteiger partial charge >= 0.3 is 0 Å². The maximum absolute atomic E-state index is 5.20. The Balaban J connectivity index is 0.858. The van der Waals surface area contributed by atoms with Crippen LogP contribution in [0.5, 0.6) is 0 Å². The lowest BCUT2D eigenvalue weighted by atomic mass is 10.00. The van der Waals surface area contributed by atoms with Gasteiger partial charge in [0.05, 0.1) is 50.0 Å². The van der Waals surface area contributed by atoms with E-state index < -0.39 is 0 Å². The highest BCUT2D eigenvalue weighted by Gasteiger charge is 2.19. The molecule has 5 heterocycles. The molecule has 0 aliphatic heterocycles. The Hall–Kier alpha value is -9.32. The molecule has 14 rings (SSSR count). The number of para-hydroxylation sites is 3. The second kappa shape index (κ2) is 15.7. The van der Waals surface area contributed by atoms with Gasteiger partial charge in [0.2, 0.25) is 0 Å². The fourth-order valence-corrected chi connectivity index (χ4v) is 10.7. The average molecular weight is 880 g/mol. The quantitative estimate of drug-likeness (QED) is 0.160. The van der Waals surface area contributed by atoms with Gasteiger partial charge < -0.3 is 13.7 Å². The van der Waals surface area contributed by atoms with Gasteiger partial charge in [-0.1, -0.05) is 140 Å². The van der Waals surface area contributed by atoms with Gasteiger partial charge in [-0.2, -0.15) is 0 Å². The maximum atomic E-state index is 5.20. The van der Waals surface area contributed by atoms with E-state index in [1.807, 2.05) is 18.3 Å². The molecule has 0 amide bonds. The molecule has 69 heavy (non-hydrogen) atoms. The highest BCUT2D eigenvalue weighted by molar-refractivity contribution is 6.14. The molecule has 0 aliphatic carbocycles. The highest BCUT2D eigenvalue weighted by atomic mass is 15.0. The molecule has 0 aliphatic rings. The Kier molecular flexibility index (Phi) is 8.83. The van der Waals surface area contributed by atoms with E-state index in [0.717, 1.165) is 67.1 Å². The summed E-state index contributed by atoms with van der Waals surface area (Å²) in [6.07, 6.45) is 1.89. The first kappa shape index (κ1) is 38.9. The summed E-state index contributed by atoms with van der Waals surface area (Å²) in [7, 11) is 0. The van der Waals surface area contributed by atoms with Crippen LogP contribution in [0.25, 0.3) is 127 Å². The van der Waals surface area contributed by atoms with Crippen LogP contribution in [0.3, 0.4) is 0 Å². The predicted octanol–water partition coefficient (Wildman–Crippen LogP) is 16.4. The Labute approximate surface area is 398 Å². The van der Waals surface area contributed by atoms with Crippen LogP contribution in [-0.2, 0) is 0 Å². The standard InChI is InChI=1S/C64H41N5/c1-4-15-42(16-5-1)47-39-56(43-17-6-2-7-18-43)66-57(40-47)44-26-30-49(31-27-44)67-58-23-12-10-21-51(58)53-37-45(28-33-60(53)67)46-29-34-61-54(38-46)52-22-11-13-24-59(52)69(61)50-32-35-62-55(41-50)64-63(25-14-36-65-64)68(62)48-19-8-3-9-20-48/h1-41H. The molecule has 5 heteroatoms. The van der Waals surface area contributed by atoms with Crippen LogP contribution in [0.4, 0.5) is 0 Å². The van der Waals surface area contributed by atoms with E-state index in [0.29, 0.717) is 0 Å². The van der Waals surface area contributed by atoms with E-state index in [1.165, 1.54) is 60.3 Å². The van der Waals surface area contributed by atoms with Gasteiger partial charge in [0.1, 0.15) is 0 Å². The first-order valence-electron chi connectivity index (χ1n) is 23.5. The third-order valence-electron chi connectivity index (χ3n) is 13.9. The largest absolute Gasteiger partial charge is 0.309 e. The predicted molar refractivity (Wildman–Crippen MR) is 287 cm³/mol. The number of fused-ring (bicyclic) bond motifs is 9. The van der Waals surface area contributed by atoms with E-state index in [9.17, 15) is 0 Å². The van der Waals surface area contributed by atoms with Gasteiger partial charge in [-0.15, -0.1) is 0 Å². The molecular weight excluding hydrogens is 839 g/mol. The van der Waals surface area contributed by atoms with E-state index in [4.69, 9.17) is 9.97 Å². The van der Waals surface area contributed by atoms with Crippen molar-refractivity contribution in [3.8, 4) is 61.8 Å². The van der Waals surface area contributed by atoms with Crippen molar-refractivity contribution in [2.45, 2.75) is 0 Å². The SMILES string of the molecule is c1ccc(-c2cc(-c3ccccc3)nc(-c3ccc(-n4c5ccccc5c5cc(-c6ccc7c(c6)c6ccccc6n7-c6ccc7c(c6)c6ncccc6n7-c6ccccc6)ccc54)cc3)c2)cc1. The van der Waals surface area contributed by atoms with E-state index in [-0.39, 0.29) is 0 Å². The van der Waals surface area contributed by atoms with Crippen molar-refractivity contribution in [1.82, 2.24) is 23.7 Å². The molecule has 0 fully saturated rings. The third-order valence-corrected chi connectivity index (χ3v) is 13.9. The van der Waals surface area contributed by atoms with E-state index >= 15 is 0 Å². The lowest BCUT2D eigenvalue weighted by molar-refractivity contribution is 1.16. The van der Waals surface area contributed by atoms with Gasteiger partial charge in [-0.05, 0) is 125 Å². The number of benzene rings is 9. The first-order valence-corrected chi connectivity index (χ1v) is 23.5. The van der Waals surface area contributed by atoms with Crippen LogP contribution in [0.1, 0.15) is 0 Å². The molecule has 0 atom stereocenters. The summed E-state index contributed by atoms with van der Waals surface area (Å²) in [5, 5.41) is 6.00. The van der Waals surface area contributed by atoms with Crippen LogP contribution in [0, 0.1) is 0 Å². The van der Waals surface area contributed by atoms with Crippen molar-refractivity contribution in [1.29, 1.82) is 0 Å². The molecule has 322 valence electrons. The first-order chi connectivity index (χ1) is 34.2. The highest BCUT2D eigenvalue weighted by Crippen LogP contribution is 2.40. The van der Waals surface area contributed by atoms with Crippen molar-refractivity contribution in [2.24, 2.45) is 0 Å². The number of rotatable bonds is 7. The molecule has 0 spiro atoms. The minimum Gasteiger partial charge on any atom is -0.309 e. The fraction of sp³-hybridized carbons (Fsp3) is 0. The normalized spacial score (nSPS) is 11.8. The van der Waals surface area contributed by atoms with Gasteiger partial charge in [0.15, 0.2) is 0 Å². The molecule has 0 unspecified atom stereocenters. The molecular formula is C64H41N5. The fourth-order valence-electron chi connectivity index (χ4n) is 10.7. The molecule has 0 saturated carbocycles. The molecule has 0 saturated heterocycles. The van der Waals surface area contributed by atoms with Gasteiger partial charge in [0, 0.05) is 61.3 Å². The number of hydrogen-bond donors (Lipinski definition) is 0. The zero-order valence-electron chi connectivity index (χ0n) is 37.4. The van der Waals surface area contributed by atoms with Crippen molar-refractivity contribution in [2.75, 3.05) is 0 Å². The molecule has 0 bridgehead atoms. The maximum Gasteiger partial charge on any atom is 0.0964 e. The van der Waals surface area contributed by atoms with Crippen molar-refractivity contribution < 1.29 is 0 Å².